The van der Waals surface area contributed by atoms with Crippen LogP contribution in [-0.2, 0) is 19.6 Å². The normalized spacial score (nSPS) is 18.8. The number of carbonyl (C=O) groups excluding carboxylic acids is 1. The lowest BCUT2D eigenvalue weighted by molar-refractivity contribution is -0.131. The van der Waals surface area contributed by atoms with Gasteiger partial charge in [0.05, 0.1) is 11.2 Å². The molecule has 1 saturated heterocycles. The molecule has 0 spiro atoms. The highest BCUT2D eigenvalue weighted by Crippen LogP contribution is 2.31. The Bertz CT molecular complexity index is 444. The number of hydrogen-bond donors (Lipinski definition) is 3. The van der Waals surface area contributed by atoms with E-state index in [1.54, 1.807) is 0 Å². The van der Waals surface area contributed by atoms with Gasteiger partial charge in [0, 0.05) is 26.3 Å². The Balaban J connectivity index is 2.52. The summed E-state index contributed by atoms with van der Waals surface area (Å²) in [4.78, 5) is 12.3. The summed E-state index contributed by atoms with van der Waals surface area (Å²) in [7, 11) is -3.25. The molecule has 0 saturated carbocycles. The van der Waals surface area contributed by atoms with Crippen LogP contribution in [0.2, 0.25) is 0 Å². The number of rotatable bonds is 6. The maximum atomic E-state index is 12.2. The molecule has 1 amide bonds. The Morgan fingerprint density at radius 1 is 1.37 bits per heavy atom. The third kappa shape index (κ3) is 4.68. The molecule has 0 bridgehead atoms. The highest BCUT2D eigenvalue weighted by atomic mass is 32.2. The van der Waals surface area contributed by atoms with E-state index < -0.39 is 15.4 Å². The Morgan fingerprint density at radius 2 is 1.95 bits per heavy atom. The van der Waals surface area contributed by atoms with Crippen molar-refractivity contribution < 1.29 is 17.9 Å². The van der Waals surface area contributed by atoms with Crippen LogP contribution in [0.3, 0.4) is 0 Å². The van der Waals surface area contributed by atoms with Gasteiger partial charge in [-0.3, -0.25) is 4.79 Å². The lowest BCUT2D eigenvalue weighted by Crippen LogP contribution is -2.52. The first-order valence-electron chi connectivity index (χ1n) is 5.88. The van der Waals surface area contributed by atoms with Crippen LogP contribution < -0.4 is 15.8 Å². The second kappa shape index (κ2) is 6.60. The number of nitrogens with two attached hydrogens (primary N) is 1. The molecule has 7 nitrogen and oxygen atoms in total. The van der Waals surface area contributed by atoms with E-state index in [1.165, 1.54) is 0 Å². The van der Waals surface area contributed by atoms with Gasteiger partial charge >= 0.3 is 0 Å². The third-order valence-corrected chi connectivity index (χ3v) is 4.15. The van der Waals surface area contributed by atoms with E-state index in [1.807, 2.05) is 0 Å². The van der Waals surface area contributed by atoms with Crippen LogP contribution in [0.5, 0.6) is 0 Å². The molecule has 0 unspecified atom stereocenters. The van der Waals surface area contributed by atoms with Gasteiger partial charge in [0.2, 0.25) is 15.9 Å². The minimum absolute atomic E-state index is 0.133. The predicted molar refractivity (Wildman–Crippen MR) is 75.1 cm³/mol. The van der Waals surface area contributed by atoms with Crippen LogP contribution in [0.25, 0.3) is 0 Å². The zero-order valence-corrected chi connectivity index (χ0v) is 12.4. The Labute approximate surface area is 118 Å². The fourth-order valence-electron chi connectivity index (χ4n) is 1.89. The molecule has 1 aliphatic heterocycles. The molecule has 0 radical (unpaired) electrons. The second-order valence-electron chi connectivity index (χ2n) is 4.48. The highest BCUT2D eigenvalue weighted by molar-refractivity contribution is 7.88. The van der Waals surface area contributed by atoms with Crippen LogP contribution in [-0.4, -0.2) is 51.9 Å². The fourth-order valence-corrected chi connectivity index (χ4v) is 2.66. The van der Waals surface area contributed by atoms with Gasteiger partial charge in [-0.15, -0.1) is 0 Å². The molecule has 0 aromatic heterocycles. The zero-order chi connectivity index (χ0) is 14.5. The minimum atomic E-state index is -3.25. The van der Waals surface area contributed by atoms with E-state index >= 15 is 0 Å². The summed E-state index contributed by atoms with van der Waals surface area (Å²) in [5.41, 5.74) is 4.80. The molecule has 1 rings (SSSR count). The molecular weight excluding hydrogens is 290 g/mol. The maximum absolute atomic E-state index is 12.2. The van der Waals surface area contributed by atoms with Crippen molar-refractivity contribution in [3.8, 4) is 0 Å². The number of hydrogen-bond acceptors (Lipinski definition) is 5. The van der Waals surface area contributed by atoms with Gasteiger partial charge in [-0.1, -0.05) is 12.2 Å². The number of carbonyl (C=O) groups is 1. The Kier molecular flexibility index (Phi) is 5.65. The molecule has 0 aromatic rings. The van der Waals surface area contributed by atoms with Crippen LogP contribution in [0.15, 0.2) is 0 Å². The summed E-state index contributed by atoms with van der Waals surface area (Å²) in [6, 6.07) is 0. The predicted octanol–water partition coefficient (Wildman–Crippen LogP) is -1.27. The van der Waals surface area contributed by atoms with E-state index in [9.17, 15) is 13.2 Å². The topological polar surface area (TPSA) is 111 Å². The highest BCUT2D eigenvalue weighted by Gasteiger charge is 2.42. The first kappa shape index (κ1) is 16.3. The quantitative estimate of drug-likeness (QED) is 0.417. The number of sulfonamides is 1. The number of thiocarbonyl (C=S) groups is 1. The number of amides is 1. The molecule has 0 atom stereocenters. The van der Waals surface area contributed by atoms with E-state index in [0.717, 1.165) is 6.26 Å². The van der Waals surface area contributed by atoms with Crippen molar-refractivity contribution in [2.24, 2.45) is 11.1 Å². The molecule has 0 aliphatic carbocycles. The van der Waals surface area contributed by atoms with Crippen molar-refractivity contribution in [1.29, 1.82) is 0 Å². The average Bonchev–Trinajstić information content (AvgIpc) is 2.33. The van der Waals surface area contributed by atoms with Crippen molar-refractivity contribution >= 4 is 33.1 Å². The maximum Gasteiger partial charge on any atom is 0.233 e. The second-order valence-corrected chi connectivity index (χ2v) is 6.75. The molecule has 19 heavy (non-hydrogen) atoms. The number of ether oxygens (including phenoxy) is 1. The zero-order valence-electron chi connectivity index (χ0n) is 10.8. The van der Waals surface area contributed by atoms with Crippen LogP contribution in [0.4, 0.5) is 0 Å². The summed E-state index contributed by atoms with van der Waals surface area (Å²) in [5, 5.41) is 2.66. The summed E-state index contributed by atoms with van der Waals surface area (Å²) in [6.07, 6.45) is 1.96. The van der Waals surface area contributed by atoms with Gasteiger partial charge in [0.25, 0.3) is 0 Å². The third-order valence-electron chi connectivity index (χ3n) is 3.03. The summed E-state index contributed by atoms with van der Waals surface area (Å²) < 4.78 is 29.2. The van der Waals surface area contributed by atoms with E-state index in [-0.39, 0.29) is 24.0 Å². The van der Waals surface area contributed by atoms with Crippen LogP contribution >= 0.6 is 12.2 Å². The number of nitrogens with one attached hydrogen (secondary N) is 2. The summed E-state index contributed by atoms with van der Waals surface area (Å²) >= 11 is 4.99. The SMILES string of the molecule is CS(=O)(=O)NCCNC(=O)C1(C(N)=S)CCOCC1. The van der Waals surface area contributed by atoms with Gasteiger partial charge in [-0.2, -0.15) is 0 Å². The molecule has 110 valence electrons. The Hall–Kier alpha value is -0.770. The molecule has 0 aromatic carbocycles. The standard InChI is InChI=1S/C10H19N3O4S2/c1-19(15,16)13-5-4-12-9(14)10(8(11)18)2-6-17-7-3-10/h13H,2-7H2,1H3,(H2,11,18)(H,12,14). The molecule has 1 heterocycles. The van der Waals surface area contributed by atoms with Crippen molar-refractivity contribution in [1.82, 2.24) is 10.0 Å². The van der Waals surface area contributed by atoms with Crippen LogP contribution in [0, 0.1) is 5.41 Å². The van der Waals surface area contributed by atoms with Gasteiger partial charge < -0.3 is 15.8 Å². The molecule has 1 aliphatic rings. The summed E-state index contributed by atoms with van der Waals surface area (Å²) in [5.74, 6) is -0.265. The lowest BCUT2D eigenvalue weighted by Gasteiger charge is -2.34. The molecular formula is C10H19N3O4S2. The molecule has 1 fully saturated rings. The van der Waals surface area contributed by atoms with E-state index in [0.29, 0.717) is 26.1 Å². The van der Waals surface area contributed by atoms with Gasteiger partial charge in [0.15, 0.2) is 0 Å². The fraction of sp³-hybridized carbons (Fsp3) is 0.800. The largest absolute Gasteiger partial charge is 0.392 e. The molecule has 9 heteroatoms. The van der Waals surface area contributed by atoms with Gasteiger partial charge in [0.1, 0.15) is 5.41 Å². The monoisotopic (exact) mass is 309 g/mol. The first-order valence-corrected chi connectivity index (χ1v) is 8.18. The van der Waals surface area contributed by atoms with Gasteiger partial charge in [-0.25, -0.2) is 13.1 Å². The van der Waals surface area contributed by atoms with Gasteiger partial charge in [-0.05, 0) is 12.8 Å². The van der Waals surface area contributed by atoms with E-state index in [2.05, 4.69) is 10.0 Å². The smallest absolute Gasteiger partial charge is 0.233 e. The average molecular weight is 309 g/mol. The molecule has 4 N–H and O–H groups in total. The van der Waals surface area contributed by atoms with Crippen molar-refractivity contribution in [3.63, 3.8) is 0 Å². The first-order chi connectivity index (χ1) is 8.78. The minimum Gasteiger partial charge on any atom is -0.392 e. The van der Waals surface area contributed by atoms with Crippen LogP contribution in [0.1, 0.15) is 12.8 Å². The summed E-state index contributed by atoms with van der Waals surface area (Å²) in [6.45, 7) is 1.20. The van der Waals surface area contributed by atoms with Crippen molar-refractivity contribution in [3.05, 3.63) is 0 Å². The van der Waals surface area contributed by atoms with Crippen molar-refractivity contribution in [2.75, 3.05) is 32.6 Å². The Morgan fingerprint density at radius 3 is 2.42 bits per heavy atom. The van der Waals surface area contributed by atoms with Crippen molar-refractivity contribution in [2.45, 2.75) is 12.8 Å². The lowest BCUT2D eigenvalue weighted by atomic mass is 9.79. The van der Waals surface area contributed by atoms with E-state index in [4.69, 9.17) is 22.7 Å².